The van der Waals surface area contributed by atoms with Gasteiger partial charge in [-0.2, -0.15) is 0 Å². The molecule has 1 aliphatic heterocycles. The molecule has 6 nitrogen and oxygen atoms in total. The van der Waals surface area contributed by atoms with Gasteiger partial charge in [-0.3, -0.25) is 4.79 Å². The lowest BCUT2D eigenvalue weighted by Crippen LogP contribution is -2.39. The van der Waals surface area contributed by atoms with Crippen LogP contribution in [0.25, 0.3) is 0 Å². The Balaban J connectivity index is 1.82. The van der Waals surface area contributed by atoms with Gasteiger partial charge in [0.05, 0.1) is 5.92 Å². The van der Waals surface area contributed by atoms with E-state index in [0.29, 0.717) is 36.1 Å². The average Bonchev–Trinajstić information content (AvgIpc) is 2.54. The quantitative estimate of drug-likeness (QED) is 0.897. The number of aromatic nitrogens is 2. The molecule has 2 N–H and O–H groups in total. The van der Waals surface area contributed by atoms with Gasteiger partial charge in [-0.05, 0) is 38.0 Å². The number of piperidine rings is 1. The molecule has 0 bridgehead atoms. The van der Waals surface area contributed by atoms with E-state index in [9.17, 15) is 14.3 Å². The molecule has 1 unspecified atom stereocenters. The van der Waals surface area contributed by atoms with Crippen molar-refractivity contribution in [2.24, 2.45) is 5.92 Å². The minimum absolute atomic E-state index is 0.327. The molecule has 1 aromatic carbocycles. The Labute approximate surface area is 139 Å². The summed E-state index contributed by atoms with van der Waals surface area (Å²) in [5.41, 5.74) is 0.598. The van der Waals surface area contributed by atoms with E-state index in [0.717, 1.165) is 13.0 Å². The smallest absolute Gasteiger partial charge is 0.308 e. The maximum absolute atomic E-state index is 13.3. The number of carboxylic acids is 1. The summed E-state index contributed by atoms with van der Waals surface area (Å²) in [6.07, 6.45) is 1.50. The third-order valence-electron chi connectivity index (χ3n) is 4.02. The van der Waals surface area contributed by atoms with Crippen LogP contribution >= 0.6 is 0 Å². The van der Waals surface area contributed by atoms with Crippen LogP contribution in [0.4, 0.5) is 21.7 Å². The van der Waals surface area contributed by atoms with Crippen molar-refractivity contribution in [2.45, 2.75) is 19.8 Å². The van der Waals surface area contributed by atoms with Crippen LogP contribution in [0.3, 0.4) is 0 Å². The molecule has 3 rings (SSSR count). The van der Waals surface area contributed by atoms with Crippen LogP contribution in [0.2, 0.25) is 0 Å². The number of halogens is 1. The molecule has 0 aliphatic carbocycles. The van der Waals surface area contributed by atoms with E-state index in [2.05, 4.69) is 15.3 Å². The van der Waals surface area contributed by atoms with Gasteiger partial charge in [-0.25, -0.2) is 14.4 Å². The molecule has 126 valence electrons. The number of aryl methyl sites for hydroxylation is 1. The fourth-order valence-electron chi connectivity index (χ4n) is 2.88. The highest BCUT2D eigenvalue weighted by Gasteiger charge is 2.26. The average molecular weight is 330 g/mol. The topological polar surface area (TPSA) is 78.4 Å². The van der Waals surface area contributed by atoms with Crippen LogP contribution < -0.4 is 10.2 Å². The zero-order valence-corrected chi connectivity index (χ0v) is 13.4. The molecule has 0 amide bonds. The Kier molecular flexibility index (Phi) is 4.59. The highest BCUT2D eigenvalue weighted by atomic mass is 19.1. The minimum Gasteiger partial charge on any atom is -0.481 e. The highest BCUT2D eigenvalue weighted by Crippen LogP contribution is 2.25. The lowest BCUT2D eigenvalue weighted by molar-refractivity contribution is -0.141. The number of carboxylic acid groups (broad SMARTS) is 1. The third kappa shape index (κ3) is 3.79. The zero-order valence-electron chi connectivity index (χ0n) is 13.4. The van der Waals surface area contributed by atoms with Gasteiger partial charge in [0.1, 0.15) is 23.3 Å². The number of aliphatic carboxylic acids is 1. The van der Waals surface area contributed by atoms with Crippen molar-refractivity contribution in [3.63, 3.8) is 0 Å². The van der Waals surface area contributed by atoms with Gasteiger partial charge in [-0.1, -0.05) is 6.07 Å². The Morgan fingerprint density at radius 3 is 2.96 bits per heavy atom. The fraction of sp³-hybridized carbons (Fsp3) is 0.353. The number of hydrogen-bond acceptors (Lipinski definition) is 5. The maximum Gasteiger partial charge on any atom is 0.308 e. The van der Waals surface area contributed by atoms with Gasteiger partial charge < -0.3 is 15.3 Å². The Morgan fingerprint density at radius 2 is 2.21 bits per heavy atom. The van der Waals surface area contributed by atoms with Gasteiger partial charge in [-0.15, -0.1) is 0 Å². The number of anilines is 3. The molecule has 0 spiro atoms. The second-order valence-electron chi connectivity index (χ2n) is 5.92. The Bertz CT molecular complexity index is 753. The Hall–Kier alpha value is -2.70. The van der Waals surface area contributed by atoms with E-state index < -0.39 is 5.97 Å². The molecule has 1 fully saturated rings. The van der Waals surface area contributed by atoms with Crippen molar-refractivity contribution >= 4 is 23.3 Å². The van der Waals surface area contributed by atoms with E-state index in [4.69, 9.17) is 0 Å². The van der Waals surface area contributed by atoms with E-state index >= 15 is 0 Å². The first-order valence-corrected chi connectivity index (χ1v) is 7.87. The lowest BCUT2D eigenvalue weighted by Gasteiger charge is -2.31. The van der Waals surface area contributed by atoms with Crippen molar-refractivity contribution in [1.29, 1.82) is 0 Å². The molecule has 2 heterocycles. The number of nitrogens with one attached hydrogen (secondary N) is 1. The van der Waals surface area contributed by atoms with Crippen molar-refractivity contribution in [1.82, 2.24) is 9.97 Å². The zero-order chi connectivity index (χ0) is 17.1. The number of carbonyl (C=O) groups is 1. The summed E-state index contributed by atoms with van der Waals surface area (Å²) in [6.45, 7) is 2.98. The van der Waals surface area contributed by atoms with Crippen molar-refractivity contribution < 1.29 is 14.3 Å². The fourth-order valence-corrected chi connectivity index (χ4v) is 2.88. The van der Waals surface area contributed by atoms with Gasteiger partial charge in [0.15, 0.2) is 0 Å². The maximum atomic E-state index is 13.3. The van der Waals surface area contributed by atoms with Crippen LogP contribution in [-0.2, 0) is 4.79 Å². The molecule has 0 saturated carbocycles. The molecule has 1 aromatic heterocycles. The normalized spacial score (nSPS) is 17.6. The number of nitrogens with zero attached hydrogens (tertiary/aromatic N) is 3. The van der Waals surface area contributed by atoms with E-state index in [1.807, 2.05) is 4.90 Å². The molecule has 1 saturated heterocycles. The van der Waals surface area contributed by atoms with Crippen LogP contribution in [0.15, 0.2) is 30.3 Å². The summed E-state index contributed by atoms with van der Waals surface area (Å²) in [5.74, 6) is 0.334. The molecule has 1 atom stereocenters. The van der Waals surface area contributed by atoms with Gasteiger partial charge in [0, 0.05) is 24.8 Å². The van der Waals surface area contributed by atoms with Crippen molar-refractivity contribution in [3.05, 3.63) is 42.0 Å². The van der Waals surface area contributed by atoms with Gasteiger partial charge in [0.25, 0.3) is 0 Å². The third-order valence-corrected chi connectivity index (χ3v) is 4.02. The lowest BCUT2D eigenvalue weighted by atomic mass is 9.98. The summed E-state index contributed by atoms with van der Waals surface area (Å²) < 4.78 is 13.3. The number of hydrogen-bond donors (Lipinski definition) is 2. The first-order valence-electron chi connectivity index (χ1n) is 7.87. The van der Waals surface area contributed by atoms with Gasteiger partial charge in [0.2, 0.25) is 0 Å². The van der Waals surface area contributed by atoms with E-state index in [1.54, 1.807) is 25.1 Å². The number of benzene rings is 1. The predicted octanol–water partition coefficient (Wildman–Crippen LogP) is 2.97. The summed E-state index contributed by atoms with van der Waals surface area (Å²) in [5, 5.41) is 12.3. The second kappa shape index (κ2) is 6.82. The number of rotatable bonds is 4. The van der Waals surface area contributed by atoms with Crippen LogP contribution in [-0.4, -0.2) is 34.1 Å². The summed E-state index contributed by atoms with van der Waals surface area (Å²) >= 11 is 0. The monoisotopic (exact) mass is 330 g/mol. The first kappa shape index (κ1) is 16.2. The predicted molar refractivity (Wildman–Crippen MR) is 89.0 cm³/mol. The largest absolute Gasteiger partial charge is 0.481 e. The standard InChI is InChI=1S/C17H19FN4O2/c1-11-19-15(21-14-6-2-5-13(18)8-14)9-16(20-11)22-7-3-4-12(10-22)17(23)24/h2,5-6,8-9,12H,3-4,7,10H2,1H3,(H,23,24)(H,19,20,21). The van der Waals surface area contributed by atoms with Crippen LogP contribution in [0.1, 0.15) is 18.7 Å². The summed E-state index contributed by atoms with van der Waals surface area (Å²) in [7, 11) is 0. The Morgan fingerprint density at radius 1 is 1.38 bits per heavy atom. The first-order chi connectivity index (χ1) is 11.5. The van der Waals surface area contributed by atoms with E-state index in [1.165, 1.54) is 12.1 Å². The molecule has 7 heteroatoms. The van der Waals surface area contributed by atoms with Crippen molar-refractivity contribution in [3.8, 4) is 0 Å². The highest BCUT2D eigenvalue weighted by molar-refractivity contribution is 5.71. The molecular formula is C17H19FN4O2. The minimum atomic E-state index is -0.774. The molecule has 1 aliphatic rings. The van der Waals surface area contributed by atoms with E-state index in [-0.39, 0.29) is 11.7 Å². The summed E-state index contributed by atoms with van der Waals surface area (Å²) in [4.78, 5) is 21.9. The molecular weight excluding hydrogens is 311 g/mol. The molecule has 2 aromatic rings. The van der Waals surface area contributed by atoms with Gasteiger partial charge >= 0.3 is 5.97 Å². The van der Waals surface area contributed by atoms with Crippen LogP contribution in [0.5, 0.6) is 0 Å². The second-order valence-corrected chi connectivity index (χ2v) is 5.92. The van der Waals surface area contributed by atoms with Crippen molar-refractivity contribution in [2.75, 3.05) is 23.3 Å². The summed E-state index contributed by atoms with van der Waals surface area (Å²) in [6, 6.07) is 7.90. The molecule has 24 heavy (non-hydrogen) atoms. The van der Waals surface area contributed by atoms with Crippen LogP contribution in [0, 0.1) is 18.7 Å². The molecule has 0 radical (unpaired) electrons. The SMILES string of the molecule is Cc1nc(Nc2cccc(F)c2)cc(N2CCCC(C(=O)O)C2)n1.